The predicted octanol–water partition coefficient (Wildman–Crippen LogP) is 3.80. The highest BCUT2D eigenvalue weighted by atomic mass is 15.1. The van der Waals surface area contributed by atoms with Gasteiger partial charge in [0.2, 0.25) is 0 Å². The second-order valence-corrected chi connectivity index (χ2v) is 7.47. The average Bonchev–Trinajstić information content (AvgIpc) is 3.19. The molecule has 144 valence electrons. The molecule has 0 spiro atoms. The maximum Gasteiger partial charge on any atom is 0.188 e. The maximum atomic E-state index is 6.05. The van der Waals surface area contributed by atoms with Crippen LogP contribution in [0.5, 0.6) is 0 Å². The molecule has 1 heterocycles. The summed E-state index contributed by atoms with van der Waals surface area (Å²) in [5, 5.41) is 3.26. The van der Waals surface area contributed by atoms with Crippen molar-refractivity contribution in [3.8, 4) is 11.1 Å². The van der Waals surface area contributed by atoms with Crippen molar-refractivity contribution in [2.75, 3.05) is 6.54 Å². The van der Waals surface area contributed by atoms with E-state index in [-0.39, 0.29) is 0 Å². The van der Waals surface area contributed by atoms with E-state index in [9.17, 15) is 0 Å². The fourth-order valence-electron chi connectivity index (χ4n) is 3.49. The highest BCUT2D eigenvalue weighted by Gasteiger charge is 2.16. The van der Waals surface area contributed by atoms with Gasteiger partial charge < -0.3 is 15.6 Å². The van der Waals surface area contributed by atoms with Crippen molar-refractivity contribution < 1.29 is 0 Å². The minimum absolute atomic E-state index is 0.539. The summed E-state index contributed by atoms with van der Waals surface area (Å²) in [6.07, 6.45) is 9.57. The van der Waals surface area contributed by atoms with Crippen LogP contribution in [0.4, 0.5) is 0 Å². The van der Waals surface area contributed by atoms with Crippen molar-refractivity contribution in [3.63, 3.8) is 0 Å². The summed E-state index contributed by atoms with van der Waals surface area (Å²) in [5.41, 5.74) is 10.9. The van der Waals surface area contributed by atoms with E-state index in [2.05, 4.69) is 68.4 Å². The van der Waals surface area contributed by atoms with E-state index in [0.717, 1.165) is 19.0 Å². The van der Waals surface area contributed by atoms with E-state index < -0.39 is 0 Å². The van der Waals surface area contributed by atoms with Crippen LogP contribution in [-0.4, -0.2) is 22.1 Å². The normalized spacial score (nSPS) is 14.6. The Balaban J connectivity index is 1.43. The van der Waals surface area contributed by atoms with Crippen molar-refractivity contribution in [3.05, 3.63) is 78.4 Å². The summed E-state index contributed by atoms with van der Waals surface area (Å²) in [5.74, 6) is 1.30. The van der Waals surface area contributed by atoms with Crippen LogP contribution < -0.4 is 11.1 Å². The largest absolute Gasteiger partial charge is 0.370 e. The fourth-order valence-corrected chi connectivity index (χ4v) is 3.49. The van der Waals surface area contributed by atoms with Gasteiger partial charge in [-0.05, 0) is 41.0 Å². The van der Waals surface area contributed by atoms with Gasteiger partial charge in [0.15, 0.2) is 5.96 Å². The minimum atomic E-state index is 0.539. The lowest BCUT2D eigenvalue weighted by Crippen LogP contribution is -2.37. The van der Waals surface area contributed by atoms with Gasteiger partial charge in [0.05, 0.1) is 12.9 Å². The number of nitrogens with one attached hydrogen (secondary N) is 1. The standard InChI is InChI=1S/C23H27N5/c24-23(26-14-18-4-3-5-18)27-15-21-6-1-2-7-22(21)20-10-8-19(9-11-20)16-28-13-12-25-17-28/h1-2,6-13,17-18H,3-5,14-16H2,(H3,24,26,27). The highest BCUT2D eigenvalue weighted by molar-refractivity contribution is 5.78. The number of imidazole rings is 1. The van der Waals surface area contributed by atoms with Crippen molar-refractivity contribution in [2.24, 2.45) is 16.6 Å². The Kier molecular flexibility index (Phi) is 5.71. The van der Waals surface area contributed by atoms with Crippen LogP contribution in [0.15, 0.2) is 72.2 Å². The number of aliphatic imine (C=N–C) groups is 1. The zero-order valence-electron chi connectivity index (χ0n) is 16.1. The van der Waals surface area contributed by atoms with Gasteiger partial charge in [0.1, 0.15) is 0 Å². The molecule has 0 unspecified atom stereocenters. The SMILES string of the molecule is NC(=NCc1ccccc1-c1ccc(Cn2ccnc2)cc1)NCC1CCC1. The first-order chi connectivity index (χ1) is 13.8. The average molecular weight is 374 g/mol. The quantitative estimate of drug-likeness (QED) is 0.489. The van der Waals surface area contributed by atoms with Crippen LogP contribution in [0.3, 0.4) is 0 Å². The molecule has 4 rings (SSSR count). The van der Waals surface area contributed by atoms with Gasteiger partial charge in [-0.1, -0.05) is 55.0 Å². The van der Waals surface area contributed by atoms with Gasteiger partial charge in [0.25, 0.3) is 0 Å². The Morgan fingerprint density at radius 3 is 2.68 bits per heavy atom. The Morgan fingerprint density at radius 1 is 1.14 bits per heavy atom. The highest BCUT2D eigenvalue weighted by Crippen LogP contribution is 2.26. The zero-order valence-corrected chi connectivity index (χ0v) is 16.1. The Hall–Kier alpha value is -3.08. The van der Waals surface area contributed by atoms with Gasteiger partial charge in [-0.25, -0.2) is 9.98 Å². The first-order valence-electron chi connectivity index (χ1n) is 9.94. The summed E-state index contributed by atoms with van der Waals surface area (Å²) in [6.45, 7) is 2.35. The lowest BCUT2D eigenvalue weighted by Gasteiger charge is -2.25. The van der Waals surface area contributed by atoms with Crippen molar-refractivity contribution in [1.82, 2.24) is 14.9 Å². The van der Waals surface area contributed by atoms with E-state index in [0.29, 0.717) is 12.5 Å². The number of hydrogen-bond donors (Lipinski definition) is 2. The third-order valence-corrected chi connectivity index (χ3v) is 5.42. The van der Waals surface area contributed by atoms with Gasteiger partial charge in [0, 0.05) is 25.5 Å². The molecule has 0 bridgehead atoms. The monoisotopic (exact) mass is 373 g/mol. The van der Waals surface area contributed by atoms with Gasteiger partial charge >= 0.3 is 0 Å². The molecule has 1 fully saturated rings. The number of nitrogens with two attached hydrogens (primary N) is 1. The molecule has 1 saturated carbocycles. The molecule has 2 aromatic carbocycles. The molecule has 0 saturated heterocycles. The first-order valence-corrected chi connectivity index (χ1v) is 9.94. The minimum Gasteiger partial charge on any atom is -0.370 e. The van der Waals surface area contributed by atoms with Crippen LogP contribution in [0.25, 0.3) is 11.1 Å². The third-order valence-electron chi connectivity index (χ3n) is 5.42. The van der Waals surface area contributed by atoms with Crippen LogP contribution in [0.1, 0.15) is 30.4 Å². The molecule has 1 aliphatic carbocycles. The van der Waals surface area contributed by atoms with Gasteiger partial charge in [-0.15, -0.1) is 0 Å². The van der Waals surface area contributed by atoms with E-state index in [1.54, 1.807) is 6.20 Å². The van der Waals surface area contributed by atoms with E-state index in [4.69, 9.17) is 5.73 Å². The molecule has 5 nitrogen and oxygen atoms in total. The number of hydrogen-bond acceptors (Lipinski definition) is 2. The van der Waals surface area contributed by atoms with Crippen molar-refractivity contribution in [2.45, 2.75) is 32.4 Å². The Morgan fingerprint density at radius 2 is 1.96 bits per heavy atom. The summed E-state index contributed by atoms with van der Waals surface area (Å²) < 4.78 is 2.07. The van der Waals surface area contributed by atoms with Crippen LogP contribution in [-0.2, 0) is 13.1 Å². The van der Waals surface area contributed by atoms with Gasteiger partial charge in [-0.2, -0.15) is 0 Å². The summed E-state index contributed by atoms with van der Waals surface area (Å²) in [6, 6.07) is 17.1. The lowest BCUT2D eigenvalue weighted by molar-refractivity contribution is 0.315. The summed E-state index contributed by atoms with van der Waals surface area (Å²) in [7, 11) is 0. The molecular formula is C23H27N5. The molecule has 3 aromatic rings. The van der Waals surface area contributed by atoms with Crippen molar-refractivity contribution >= 4 is 5.96 Å². The number of benzene rings is 2. The lowest BCUT2D eigenvalue weighted by atomic mass is 9.85. The van der Waals surface area contributed by atoms with E-state index in [1.807, 2.05) is 12.5 Å². The zero-order chi connectivity index (χ0) is 19.2. The maximum absolute atomic E-state index is 6.05. The second kappa shape index (κ2) is 8.74. The predicted molar refractivity (Wildman–Crippen MR) is 114 cm³/mol. The summed E-state index contributed by atoms with van der Waals surface area (Å²) >= 11 is 0. The molecule has 0 radical (unpaired) electrons. The fraction of sp³-hybridized carbons (Fsp3) is 0.304. The van der Waals surface area contributed by atoms with Crippen molar-refractivity contribution in [1.29, 1.82) is 0 Å². The van der Waals surface area contributed by atoms with E-state index in [1.165, 1.54) is 41.5 Å². The van der Waals surface area contributed by atoms with Crippen LogP contribution in [0.2, 0.25) is 0 Å². The van der Waals surface area contributed by atoms with Crippen LogP contribution >= 0.6 is 0 Å². The smallest absolute Gasteiger partial charge is 0.188 e. The van der Waals surface area contributed by atoms with Crippen LogP contribution in [0, 0.1) is 5.92 Å². The molecule has 0 atom stereocenters. The molecule has 1 aromatic heterocycles. The number of aromatic nitrogens is 2. The number of guanidine groups is 1. The molecule has 28 heavy (non-hydrogen) atoms. The molecular weight excluding hydrogens is 346 g/mol. The molecule has 1 aliphatic rings. The molecule has 0 amide bonds. The van der Waals surface area contributed by atoms with E-state index >= 15 is 0 Å². The van der Waals surface area contributed by atoms with Gasteiger partial charge in [-0.3, -0.25) is 0 Å². The Labute approximate surface area is 166 Å². The number of nitrogens with zero attached hydrogens (tertiary/aromatic N) is 3. The molecule has 5 heteroatoms. The molecule has 0 aliphatic heterocycles. The second-order valence-electron chi connectivity index (χ2n) is 7.47. The third kappa shape index (κ3) is 4.60. The summed E-state index contributed by atoms with van der Waals surface area (Å²) in [4.78, 5) is 8.65. The number of rotatable bonds is 7. The first kappa shape index (κ1) is 18.3. The topological polar surface area (TPSA) is 68.2 Å². The molecule has 3 N–H and O–H groups in total. The Bertz CT molecular complexity index is 908.